The van der Waals surface area contributed by atoms with Crippen LogP contribution in [0.1, 0.15) is 38.9 Å². The Morgan fingerprint density at radius 2 is 2.00 bits per heavy atom. The molecule has 1 N–H and O–H groups in total. The molecule has 1 amide bonds. The Kier molecular flexibility index (Phi) is 6.01. The molecule has 0 unspecified atom stereocenters. The van der Waals surface area contributed by atoms with Crippen LogP contribution in [0.3, 0.4) is 0 Å². The van der Waals surface area contributed by atoms with E-state index in [9.17, 15) is 9.18 Å². The first-order chi connectivity index (χ1) is 14.5. The maximum atomic E-state index is 13.2. The summed E-state index contributed by atoms with van der Waals surface area (Å²) in [5.41, 5.74) is 2.89. The molecule has 0 radical (unpaired) electrons. The van der Waals surface area contributed by atoms with Crippen molar-refractivity contribution >= 4 is 29.4 Å². The normalized spacial score (nSPS) is 15.0. The van der Waals surface area contributed by atoms with Crippen LogP contribution in [0.5, 0.6) is 0 Å². The Morgan fingerprint density at radius 3 is 2.73 bits per heavy atom. The third kappa shape index (κ3) is 4.47. The fourth-order valence-corrected chi connectivity index (χ4v) is 4.18. The summed E-state index contributed by atoms with van der Waals surface area (Å²) >= 11 is 1.35. The quantitative estimate of drug-likeness (QED) is 0.674. The zero-order valence-corrected chi connectivity index (χ0v) is 17.6. The minimum absolute atomic E-state index is 0.0919. The van der Waals surface area contributed by atoms with Crippen LogP contribution in [-0.2, 0) is 11.8 Å². The lowest BCUT2D eigenvalue weighted by Gasteiger charge is -2.22. The van der Waals surface area contributed by atoms with Gasteiger partial charge in [-0.15, -0.1) is 16.4 Å². The molecule has 1 saturated heterocycles. The van der Waals surface area contributed by atoms with Gasteiger partial charge in [0.15, 0.2) is 0 Å². The Hall–Kier alpha value is -2.91. The molecule has 1 fully saturated rings. The number of nitrogens with zero attached hydrogens (tertiary/aromatic N) is 4. The number of nitrogens with one attached hydrogen (secondary N) is 1. The van der Waals surface area contributed by atoms with E-state index in [-0.39, 0.29) is 17.8 Å². The molecule has 0 atom stereocenters. The number of thiazole rings is 1. The van der Waals surface area contributed by atoms with Gasteiger partial charge in [0.1, 0.15) is 21.4 Å². The predicted octanol–water partition coefficient (Wildman–Crippen LogP) is 3.47. The van der Waals surface area contributed by atoms with Crippen LogP contribution in [0.25, 0.3) is 23.4 Å². The molecule has 0 saturated carbocycles. The second-order valence-electron chi connectivity index (χ2n) is 7.11. The number of carbonyl (C=O) groups excluding carboxylic acids is 1. The van der Waals surface area contributed by atoms with E-state index in [0.717, 1.165) is 29.1 Å². The highest BCUT2D eigenvalue weighted by atomic mass is 32.1. The first-order valence-electron chi connectivity index (χ1n) is 9.71. The summed E-state index contributed by atoms with van der Waals surface area (Å²) in [6.07, 6.45) is 5.36. The smallest absolute Gasteiger partial charge is 0.263 e. The van der Waals surface area contributed by atoms with Gasteiger partial charge < -0.3 is 10.1 Å². The summed E-state index contributed by atoms with van der Waals surface area (Å²) < 4.78 is 20.2. The number of carbonyl (C=O) groups is 1. The maximum Gasteiger partial charge on any atom is 0.263 e. The van der Waals surface area contributed by atoms with Crippen LogP contribution in [0.2, 0.25) is 0 Å². The highest BCUT2D eigenvalue weighted by Crippen LogP contribution is 2.25. The number of halogens is 1. The van der Waals surface area contributed by atoms with Crippen molar-refractivity contribution in [3.05, 3.63) is 51.4 Å². The van der Waals surface area contributed by atoms with E-state index in [1.165, 1.54) is 23.5 Å². The topological polar surface area (TPSA) is 81.9 Å². The Morgan fingerprint density at radius 1 is 1.27 bits per heavy atom. The van der Waals surface area contributed by atoms with Gasteiger partial charge in [-0.25, -0.2) is 14.1 Å². The first kappa shape index (κ1) is 20.4. The lowest BCUT2D eigenvalue weighted by Crippen LogP contribution is -2.38. The second kappa shape index (κ2) is 8.85. The second-order valence-corrected chi connectivity index (χ2v) is 8.14. The van der Waals surface area contributed by atoms with Crippen molar-refractivity contribution in [3.8, 4) is 11.3 Å². The Labute approximate surface area is 177 Å². The number of ether oxygens (including phenoxy) is 1. The summed E-state index contributed by atoms with van der Waals surface area (Å²) in [6.45, 7) is 3.19. The van der Waals surface area contributed by atoms with Crippen LogP contribution in [0, 0.1) is 12.7 Å². The van der Waals surface area contributed by atoms with Gasteiger partial charge in [0.05, 0.1) is 11.4 Å². The zero-order valence-electron chi connectivity index (χ0n) is 16.8. The van der Waals surface area contributed by atoms with E-state index in [2.05, 4.69) is 20.6 Å². The van der Waals surface area contributed by atoms with Crippen LogP contribution < -0.4 is 5.32 Å². The van der Waals surface area contributed by atoms with Gasteiger partial charge in [-0.2, -0.15) is 0 Å². The van der Waals surface area contributed by atoms with Crippen molar-refractivity contribution < 1.29 is 13.9 Å². The number of aromatic nitrogens is 4. The van der Waals surface area contributed by atoms with Gasteiger partial charge in [-0.05, 0) is 56.2 Å². The lowest BCUT2D eigenvalue weighted by atomic mass is 10.1. The Bertz CT molecular complexity index is 1070. The molecule has 3 heterocycles. The summed E-state index contributed by atoms with van der Waals surface area (Å²) in [5, 5.41) is 12.1. The van der Waals surface area contributed by atoms with Gasteiger partial charge in [0, 0.05) is 31.9 Å². The van der Waals surface area contributed by atoms with E-state index in [4.69, 9.17) is 4.74 Å². The molecule has 7 nitrogen and oxygen atoms in total. The molecule has 1 aliphatic heterocycles. The van der Waals surface area contributed by atoms with Crippen molar-refractivity contribution in [1.29, 1.82) is 0 Å². The van der Waals surface area contributed by atoms with E-state index in [1.54, 1.807) is 23.9 Å². The fourth-order valence-electron chi connectivity index (χ4n) is 3.31. The van der Waals surface area contributed by atoms with E-state index in [1.807, 2.05) is 19.1 Å². The molecule has 0 spiro atoms. The molecule has 0 aliphatic carbocycles. The van der Waals surface area contributed by atoms with Gasteiger partial charge in [0.2, 0.25) is 0 Å². The summed E-state index contributed by atoms with van der Waals surface area (Å²) in [5.74, 6) is -0.393. The third-order valence-electron chi connectivity index (χ3n) is 4.95. The molecule has 3 aromatic rings. The van der Waals surface area contributed by atoms with Crippen LogP contribution in [0.4, 0.5) is 4.39 Å². The van der Waals surface area contributed by atoms with Crippen molar-refractivity contribution in [2.24, 2.45) is 7.05 Å². The zero-order chi connectivity index (χ0) is 21.1. The average Bonchev–Trinajstić information content (AvgIpc) is 3.30. The molecule has 2 aromatic heterocycles. The highest BCUT2D eigenvalue weighted by Gasteiger charge is 2.20. The SMILES string of the molecule is Cc1nc(C=Cc2c(-c3ccc(F)cc3)nnn2C)sc1C(=O)NC1CCOCC1. The first-order valence-corrected chi connectivity index (χ1v) is 10.5. The molecular weight excluding hydrogens is 405 g/mol. The number of rotatable bonds is 5. The van der Waals surface area contributed by atoms with Crippen LogP contribution in [0.15, 0.2) is 24.3 Å². The number of aryl methyl sites for hydroxylation is 2. The molecule has 0 bridgehead atoms. The summed E-state index contributed by atoms with van der Waals surface area (Å²) in [6, 6.07) is 6.27. The van der Waals surface area contributed by atoms with Crippen molar-refractivity contribution in [3.63, 3.8) is 0 Å². The largest absolute Gasteiger partial charge is 0.381 e. The lowest BCUT2D eigenvalue weighted by molar-refractivity contribution is 0.0698. The van der Waals surface area contributed by atoms with Gasteiger partial charge in [-0.3, -0.25) is 4.79 Å². The maximum absolute atomic E-state index is 13.2. The van der Waals surface area contributed by atoms with Gasteiger partial charge >= 0.3 is 0 Å². The average molecular weight is 428 g/mol. The molecular formula is C21H22FN5O2S. The minimum Gasteiger partial charge on any atom is -0.381 e. The molecule has 1 aromatic carbocycles. The third-order valence-corrected chi connectivity index (χ3v) is 6.07. The standard InChI is InChI=1S/C21H22FN5O2S/c1-13-20(21(28)24-16-9-11-29-12-10-16)30-18(23-13)8-7-17-19(25-26-27(17)2)14-3-5-15(22)6-4-14/h3-8,16H,9-12H2,1-2H3,(H,24,28). The van der Waals surface area contributed by atoms with Gasteiger partial charge in [0.25, 0.3) is 5.91 Å². The number of benzene rings is 1. The fraction of sp³-hybridized carbons (Fsp3) is 0.333. The minimum atomic E-state index is -0.301. The number of amides is 1. The molecule has 1 aliphatic rings. The highest BCUT2D eigenvalue weighted by molar-refractivity contribution is 7.14. The van der Waals surface area contributed by atoms with Crippen molar-refractivity contribution in [2.45, 2.75) is 25.8 Å². The van der Waals surface area contributed by atoms with Crippen LogP contribution >= 0.6 is 11.3 Å². The van der Waals surface area contributed by atoms with Crippen LogP contribution in [-0.4, -0.2) is 45.1 Å². The molecule has 9 heteroatoms. The molecule has 156 valence electrons. The monoisotopic (exact) mass is 427 g/mol. The van der Waals surface area contributed by atoms with Crippen molar-refractivity contribution in [1.82, 2.24) is 25.3 Å². The summed E-state index contributed by atoms with van der Waals surface area (Å²) in [4.78, 5) is 17.8. The van der Waals surface area contributed by atoms with Crippen molar-refractivity contribution in [2.75, 3.05) is 13.2 Å². The Balaban J connectivity index is 1.53. The number of hydrogen-bond acceptors (Lipinski definition) is 6. The van der Waals surface area contributed by atoms with E-state index in [0.29, 0.717) is 29.5 Å². The molecule has 4 rings (SSSR count). The molecule has 30 heavy (non-hydrogen) atoms. The summed E-state index contributed by atoms with van der Waals surface area (Å²) in [7, 11) is 1.79. The van der Waals surface area contributed by atoms with Gasteiger partial charge in [-0.1, -0.05) is 5.21 Å². The predicted molar refractivity (Wildman–Crippen MR) is 113 cm³/mol. The van der Waals surface area contributed by atoms with E-state index >= 15 is 0 Å². The number of hydrogen-bond donors (Lipinski definition) is 1. The van der Waals surface area contributed by atoms with E-state index < -0.39 is 0 Å².